The van der Waals surface area contributed by atoms with Crippen molar-refractivity contribution in [1.82, 2.24) is 9.55 Å². The molecule has 18 heavy (non-hydrogen) atoms. The van der Waals surface area contributed by atoms with Crippen molar-refractivity contribution >= 4 is 11.0 Å². The minimum atomic E-state index is 0.645. The lowest BCUT2D eigenvalue weighted by Crippen LogP contribution is -2.08. The summed E-state index contributed by atoms with van der Waals surface area (Å²) in [5.74, 6) is 1.96. The maximum absolute atomic E-state index is 5.82. The Kier molecular flexibility index (Phi) is 3.33. The fourth-order valence-corrected chi connectivity index (χ4v) is 2.28. The van der Waals surface area contributed by atoms with E-state index in [9.17, 15) is 0 Å². The van der Waals surface area contributed by atoms with E-state index >= 15 is 0 Å². The summed E-state index contributed by atoms with van der Waals surface area (Å²) in [6.45, 7) is 3.74. The van der Waals surface area contributed by atoms with Crippen LogP contribution >= 0.6 is 0 Å². The van der Waals surface area contributed by atoms with Gasteiger partial charge in [-0.05, 0) is 37.3 Å². The molecule has 0 amide bonds. The van der Waals surface area contributed by atoms with Crippen LogP contribution in [0.1, 0.15) is 32.0 Å². The third-order valence-corrected chi connectivity index (χ3v) is 3.48. The molecule has 0 N–H and O–H groups in total. The van der Waals surface area contributed by atoms with Gasteiger partial charge in [0.15, 0.2) is 0 Å². The summed E-state index contributed by atoms with van der Waals surface area (Å²) in [6, 6.07) is 8.31. The molecule has 0 atom stereocenters. The molecule has 3 heteroatoms. The van der Waals surface area contributed by atoms with Gasteiger partial charge < -0.3 is 9.30 Å². The van der Waals surface area contributed by atoms with Crippen LogP contribution < -0.4 is 0 Å². The van der Waals surface area contributed by atoms with E-state index in [0.717, 1.165) is 36.7 Å². The van der Waals surface area contributed by atoms with Crippen molar-refractivity contribution in [2.75, 3.05) is 6.61 Å². The maximum Gasteiger partial charge on any atom is 0.124 e. The molecule has 0 radical (unpaired) electrons. The number of hydrogen-bond acceptors (Lipinski definition) is 2. The largest absolute Gasteiger partial charge is 0.360 e. The van der Waals surface area contributed by atoms with Gasteiger partial charge in [-0.15, -0.1) is 0 Å². The Balaban J connectivity index is 1.82. The number of para-hydroxylation sites is 2. The molecule has 1 heterocycles. The van der Waals surface area contributed by atoms with Gasteiger partial charge in [0.25, 0.3) is 0 Å². The van der Waals surface area contributed by atoms with Crippen LogP contribution in [0, 0.1) is 5.92 Å². The van der Waals surface area contributed by atoms with Crippen molar-refractivity contribution in [2.24, 2.45) is 5.92 Å². The molecule has 0 bridgehead atoms. The van der Waals surface area contributed by atoms with E-state index < -0.39 is 0 Å². The summed E-state index contributed by atoms with van der Waals surface area (Å²) in [5.41, 5.74) is 2.27. The smallest absolute Gasteiger partial charge is 0.124 e. The zero-order chi connectivity index (χ0) is 12.4. The second-order valence-corrected chi connectivity index (χ2v) is 5.14. The molecular weight excluding hydrogens is 224 g/mol. The Hall–Kier alpha value is -1.35. The average molecular weight is 244 g/mol. The van der Waals surface area contributed by atoms with Crippen molar-refractivity contribution in [3.63, 3.8) is 0 Å². The molecule has 96 valence electrons. The molecular formula is C15H20N2O. The summed E-state index contributed by atoms with van der Waals surface area (Å²) in [5, 5.41) is 0. The van der Waals surface area contributed by atoms with Crippen molar-refractivity contribution in [1.29, 1.82) is 0 Å². The van der Waals surface area contributed by atoms with E-state index in [0.29, 0.717) is 6.73 Å². The van der Waals surface area contributed by atoms with Crippen molar-refractivity contribution in [3.05, 3.63) is 30.1 Å². The monoisotopic (exact) mass is 244 g/mol. The molecule has 0 spiro atoms. The average Bonchev–Trinajstić information content (AvgIpc) is 3.14. The van der Waals surface area contributed by atoms with Gasteiger partial charge in [-0.3, -0.25) is 0 Å². The Morgan fingerprint density at radius 2 is 2.17 bits per heavy atom. The van der Waals surface area contributed by atoms with E-state index in [2.05, 4.69) is 29.7 Å². The molecule has 1 aromatic carbocycles. The predicted octanol–water partition coefficient (Wildman–Crippen LogP) is 3.37. The number of aromatic nitrogens is 2. The van der Waals surface area contributed by atoms with Gasteiger partial charge in [-0.25, -0.2) is 4.98 Å². The molecule has 1 aliphatic carbocycles. The first-order valence-electron chi connectivity index (χ1n) is 6.90. The number of nitrogens with zero attached hydrogens (tertiary/aromatic N) is 2. The van der Waals surface area contributed by atoms with Crippen LogP contribution in [-0.2, 0) is 17.9 Å². The highest BCUT2D eigenvalue weighted by Gasteiger charge is 2.21. The molecule has 1 fully saturated rings. The van der Waals surface area contributed by atoms with Gasteiger partial charge in [0, 0.05) is 6.42 Å². The number of benzene rings is 1. The van der Waals surface area contributed by atoms with Crippen LogP contribution in [0.25, 0.3) is 11.0 Å². The lowest BCUT2D eigenvalue weighted by atomic mass is 10.3. The topological polar surface area (TPSA) is 27.1 Å². The van der Waals surface area contributed by atoms with E-state index in [1.807, 2.05) is 6.07 Å². The fourth-order valence-electron chi connectivity index (χ4n) is 2.28. The Bertz CT molecular complexity index is 528. The zero-order valence-corrected chi connectivity index (χ0v) is 10.9. The summed E-state index contributed by atoms with van der Waals surface area (Å²) >= 11 is 0. The molecule has 1 aliphatic rings. The molecule has 0 unspecified atom stereocenters. The molecule has 1 saturated carbocycles. The van der Waals surface area contributed by atoms with Gasteiger partial charge in [0.05, 0.1) is 17.6 Å². The standard InChI is InChI=1S/C15H20N2O/c1-2-5-15-16-13-6-3-4-7-14(13)17(15)11-18-10-12-8-9-12/h3-4,6-7,12H,2,5,8-11H2,1H3. The Morgan fingerprint density at radius 3 is 2.94 bits per heavy atom. The van der Waals surface area contributed by atoms with Crippen molar-refractivity contribution < 1.29 is 4.74 Å². The number of imidazole rings is 1. The normalized spacial score (nSPS) is 15.4. The highest BCUT2D eigenvalue weighted by Crippen LogP contribution is 2.29. The Labute approximate surface area is 108 Å². The van der Waals surface area contributed by atoms with E-state index in [4.69, 9.17) is 9.72 Å². The third kappa shape index (κ3) is 2.41. The van der Waals surface area contributed by atoms with Crippen LogP contribution in [0.4, 0.5) is 0 Å². The first-order chi connectivity index (χ1) is 8.88. The molecule has 0 saturated heterocycles. The number of fused-ring (bicyclic) bond motifs is 1. The number of rotatable bonds is 6. The van der Waals surface area contributed by atoms with Crippen LogP contribution in [0.3, 0.4) is 0 Å². The second-order valence-electron chi connectivity index (χ2n) is 5.14. The number of hydrogen-bond donors (Lipinski definition) is 0. The van der Waals surface area contributed by atoms with Gasteiger partial charge in [0.2, 0.25) is 0 Å². The minimum Gasteiger partial charge on any atom is -0.360 e. The summed E-state index contributed by atoms with van der Waals surface area (Å²) < 4.78 is 8.04. The van der Waals surface area contributed by atoms with Gasteiger partial charge in [0.1, 0.15) is 12.6 Å². The Morgan fingerprint density at radius 1 is 1.33 bits per heavy atom. The zero-order valence-electron chi connectivity index (χ0n) is 10.9. The van der Waals surface area contributed by atoms with Crippen LogP contribution in [0.2, 0.25) is 0 Å². The third-order valence-electron chi connectivity index (χ3n) is 3.48. The summed E-state index contributed by atoms with van der Waals surface area (Å²) in [6.07, 6.45) is 4.81. The highest BCUT2D eigenvalue weighted by atomic mass is 16.5. The second kappa shape index (κ2) is 5.11. The van der Waals surface area contributed by atoms with Crippen LogP contribution in [0.5, 0.6) is 0 Å². The van der Waals surface area contributed by atoms with E-state index in [1.54, 1.807) is 0 Å². The summed E-state index contributed by atoms with van der Waals surface area (Å²) in [7, 11) is 0. The highest BCUT2D eigenvalue weighted by molar-refractivity contribution is 5.75. The van der Waals surface area contributed by atoms with Crippen molar-refractivity contribution in [3.8, 4) is 0 Å². The molecule has 1 aromatic heterocycles. The van der Waals surface area contributed by atoms with Gasteiger partial charge in [-0.2, -0.15) is 0 Å². The SMILES string of the molecule is CCCc1nc2ccccc2n1COCC1CC1. The first-order valence-corrected chi connectivity index (χ1v) is 6.90. The fraction of sp³-hybridized carbons (Fsp3) is 0.533. The quantitative estimate of drug-likeness (QED) is 0.779. The van der Waals surface area contributed by atoms with Crippen LogP contribution in [-0.4, -0.2) is 16.2 Å². The molecule has 3 rings (SSSR count). The van der Waals surface area contributed by atoms with Gasteiger partial charge in [-0.1, -0.05) is 19.1 Å². The van der Waals surface area contributed by atoms with E-state index in [-0.39, 0.29) is 0 Å². The maximum atomic E-state index is 5.82. The number of aryl methyl sites for hydroxylation is 1. The number of ether oxygens (including phenoxy) is 1. The lowest BCUT2D eigenvalue weighted by molar-refractivity contribution is 0.0696. The first kappa shape index (κ1) is 11.7. The molecule has 0 aliphatic heterocycles. The van der Waals surface area contributed by atoms with Crippen LogP contribution in [0.15, 0.2) is 24.3 Å². The molecule has 2 aromatic rings. The minimum absolute atomic E-state index is 0.645. The molecule has 3 nitrogen and oxygen atoms in total. The summed E-state index contributed by atoms with van der Waals surface area (Å²) in [4.78, 5) is 4.70. The van der Waals surface area contributed by atoms with Crippen molar-refractivity contribution in [2.45, 2.75) is 39.3 Å². The predicted molar refractivity (Wildman–Crippen MR) is 72.4 cm³/mol. The lowest BCUT2D eigenvalue weighted by Gasteiger charge is -2.09. The van der Waals surface area contributed by atoms with Gasteiger partial charge >= 0.3 is 0 Å². The van der Waals surface area contributed by atoms with E-state index in [1.165, 1.54) is 18.4 Å².